The Labute approximate surface area is 124 Å². The molecule has 1 heterocycles. The Morgan fingerprint density at radius 2 is 1.95 bits per heavy atom. The highest BCUT2D eigenvalue weighted by Gasteiger charge is 2.23. The zero-order chi connectivity index (χ0) is 14.2. The molecule has 1 aliphatic heterocycles. The number of carbonyl (C=O) groups is 1. The van der Waals surface area contributed by atoms with Crippen LogP contribution < -0.4 is 5.32 Å². The summed E-state index contributed by atoms with van der Waals surface area (Å²) in [6.07, 6.45) is 12.4. The van der Waals surface area contributed by atoms with Crippen LogP contribution in [0.1, 0.15) is 71.1 Å². The van der Waals surface area contributed by atoms with Crippen LogP contribution in [0.25, 0.3) is 0 Å². The molecule has 0 aromatic rings. The maximum absolute atomic E-state index is 12.4. The van der Waals surface area contributed by atoms with Crippen LogP contribution in [0.3, 0.4) is 0 Å². The molecule has 3 heteroatoms. The first-order valence-electron chi connectivity index (χ1n) is 8.80. The average molecular weight is 280 g/mol. The molecule has 2 rings (SSSR count). The van der Waals surface area contributed by atoms with Crippen molar-refractivity contribution in [1.82, 2.24) is 10.2 Å². The number of nitrogens with one attached hydrogen (secondary N) is 1. The molecule has 1 unspecified atom stereocenters. The van der Waals surface area contributed by atoms with E-state index in [1.807, 2.05) is 0 Å². The summed E-state index contributed by atoms with van der Waals surface area (Å²) < 4.78 is 0. The van der Waals surface area contributed by atoms with Gasteiger partial charge in [-0.05, 0) is 38.1 Å². The summed E-state index contributed by atoms with van der Waals surface area (Å²) in [5.74, 6) is 1.23. The Balaban J connectivity index is 1.68. The zero-order valence-electron chi connectivity index (χ0n) is 13.2. The molecule has 3 nitrogen and oxygen atoms in total. The van der Waals surface area contributed by atoms with Crippen LogP contribution in [-0.2, 0) is 4.79 Å². The van der Waals surface area contributed by atoms with Crippen molar-refractivity contribution in [2.75, 3.05) is 19.6 Å². The SMILES string of the molecule is CCCNC1CCCN(C(=O)CCC2CCCCC2)C1. The fourth-order valence-electron chi connectivity index (χ4n) is 3.68. The van der Waals surface area contributed by atoms with E-state index in [0.717, 1.165) is 44.8 Å². The third-order valence-corrected chi connectivity index (χ3v) is 4.95. The van der Waals surface area contributed by atoms with Gasteiger partial charge in [0.2, 0.25) is 5.91 Å². The summed E-state index contributed by atoms with van der Waals surface area (Å²) in [5.41, 5.74) is 0. The van der Waals surface area contributed by atoms with Crippen molar-refractivity contribution in [1.29, 1.82) is 0 Å². The predicted octanol–water partition coefficient (Wildman–Crippen LogP) is 3.34. The monoisotopic (exact) mass is 280 g/mol. The van der Waals surface area contributed by atoms with E-state index in [-0.39, 0.29) is 0 Å². The lowest BCUT2D eigenvalue weighted by Gasteiger charge is -2.34. The number of piperidine rings is 1. The molecule has 1 saturated carbocycles. The Morgan fingerprint density at radius 3 is 2.70 bits per heavy atom. The first-order chi connectivity index (χ1) is 9.79. The van der Waals surface area contributed by atoms with Crippen molar-refractivity contribution < 1.29 is 4.79 Å². The smallest absolute Gasteiger partial charge is 0.222 e. The number of likely N-dealkylation sites (tertiary alicyclic amines) is 1. The fraction of sp³-hybridized carbons (Fsp3) is 0.941. The Kier molecular flexibility index (Phi) is 6.85. The van der Waals surface area contributed by atoms with E-state index in [1.54, 1.807) is 0 Å². The number of hydrogen-bond donors (Lipinski definition) is 1. The highest BCUT2D eigenvalue weighted by Crippen LogP contribution is 2.27. The van der Waals surface area contributed by atoms with Gasteiger partial charge in [-0.25, -0.2) is 0 Å². The molecule has 116 valence electrons. The van der Waals surface area contributed by atoms with Gasteiger partial charge in [-0.3, -0.25) is 4.79 Å². The molecule has 20 heavy (non-hydrogen) atoms. The van der Waals surface area contributed by atoms with Gasteiger partial charge in [-0.2, -0.15) is 0 Å². The molecular weight excluding hydrogens is 248 g/mol. The summed E-state index contributed by atoms with van der Waals surface area (Å²) in [6.45, 7) is 5.19. The van der Waals surface area contributed by atoms with E-state index in [1.165, 1.54) is 44.9 Å². The van der Waals surface area contributed by atoms with Gasteiger partial charge in [0.05, 0.1) is 0 Å². The van der Waals surface area contributed by atoms with Gasteiger partial charge < -0.3 is 10.2 Å². The van der Waals surface area contributed by atoms with Crippen LogP contribution in [0.5, 0.6) is 0 Å². The van der Waals surface area contributed by atoms with Crippen LogP contribution in [0.15, 0.2) is 0 Å². The largest absolute Gasteiger partial charge is 0.341 e. The quantitative estimate of drug-likeness (QED) is 0.809. The van der Waals surface area contributed by atoms with Crippen molar-refractivity contribution in [3.8, 4) is 0 Å². The maximum atomic E-state index is 12.4. The summed E-state index contributed by atoms with van der Waals surface area (Å²) >= 11 is 0. The van der Waals surface area contributed by atoms with Crippen LogP contribution in [0.4, 0.5) is 0 Å². The molecule has 1 amide bonds. The van der Waals surface area contributed by atoms with E-state index < -0.39 is 0 Å². The van der Waals surface area contributed by atoms with E-state index in [4.69, 9.17) is 0 Å². The Hall–Kier alpha value is -0.570. The number of amides is 1. The Morgan fingerprint density at radius 1 is 1.15 bits per heavy atom. The molecule has 1 N–H and O–H groups in total. The summed E-state index contributed by atoms with van der Waals surface area (Å²) in [4.78, 5) is 14.5. The molecule has 1 aliphatic carbocycles. The molecule has 0 aromatic heterocycles. The molecule has 1 atom stereocenters. The first-order valence-corrected chi connectivity index (χ1v) is 8.80. The second-order valence-corrected chi connectivity index (χ2v) is 6.68. The van der Waals surface area contributed by atoms with Crippen molar-refractivity contribution in [3.05, 3.63) is 0 Å². The maximum Gasteiger partial charge on any atom is 0.222 e. The molecule has 0 spiro atoms. The minimum Gasteiger partial charge on any atom is -0.341 e. The minimum atomic E-state index is 0.401. The molecule has 0 aromatic carbocycles. The highest BCUT2D eigenvalue weighted by molar-refractivity contribution is 5.76. The summed E-state index contributed by atoms with van der Waals surface area (Å²) in [7, 11) is 0. The van der Waals surface area contributed by atoms with Gasteiger partial charge in [0.1, 0.15) is 0 Å². The van der Waals surface area contributed by atoms with Gasteiger partial charge in [-0.15, -0.1) is 0 Å². The van der Waals surface area contributed by atoms with Gasteiger partial charge in [0, 0.05) is 25.6 Å². The van der Waals surface area contributed by atoms with E-state index >= 15 is 0 Å². The second kappa shape index (κ2) is 8.66. The zero-order valence-corrected chi connectivity index (χ0v) is 13.2. The van der Waals surface area contributed by atoms with E-state index in [2.05, 4.69) is 17.1 Å². The lowest BCUT2D eigenvalue weighted by atomic mass is 9.86. The van der Waals surface area contributed by atoms with Crippen LogP contribution in [-0.4, -0.2) is 36.5 Å². The molecule has 1 saturated heterocycles. The van der Waals surface area contributed by atoms with Crippen LogP contribution >= 0.6 is 0 Å². The van der Waals surface area contributed by atoms with E-state index in [9.17, 15) is 4.79 Å². The third kappa shape index (κ3) is 5.08. The Bertz CT molecular complexity index is 287. The molecule has 0 bridgehead atoms. The first kappa shape index (κ1) is 15.8. The number of carbonyl (C=O) groups excluding carboxylic acids is 1. The fourth-order valence-corrected chi connectivity index (χ4v) is 3.68. The van der Waals surface area contributed by atoms with Crippen LogP contribution in [0.2, 0.25) is 0 Å². The normalized spacial score (nSPS) is 24.9. The van der Waals surface area contributed by atoms with Gasteiger partial charge >= 0.3 is 0 Å². The predicted molar refractivity (Wildman–Crippen MR) is 83.7 cm³/mol. The lowest BCUT2D eigenvalue weighted by molar-refractivity contribution is -0.132. The summed E-state index contributed by atoms with van der Waals surface area (Å²) in [6, 6.07) is 0.530. The topological polar surface area (TPSA) is 32.3 Å². The third-order valence-electron chi connectivity index (χ3n) is 4.95. The number of nitrogens with zero attached hydrogens (tertiary/aromatic N) is 1. The lowest BCUT2D eigenvalue weighted by Crippen LogP contribution is -2.48. The number of hydrogen-bond acceptors (Lipinski definition) is 2. The van der Waals surface area contributed by atoms with Crippen molar-refractivity contribution in [2.45, 2.75) is 77.2 Å². The molecule has 0 radical (unpaired) electrons. The number of rotatable bonds is 6. The molecular formula is C17H32N2O. The summed E-state index contributed by atoms with van der Waals surface area (Å²) in [5, 5.41) is 3.57. The van der Waals surface area contributed by atoms with Gasteiger partial charge in [-0.1, -0.05) is 39.0 Å². The second-order valence-electron chi connectivity index (χ2n) is 6.68. The van der Waals surface area contributed by atoms with Crippen LogP contribution in [0, 0.1) is 5.92 Å². The van der Waals surface area contributed by atoms with Gasteiger partial charge in [0.25, 0.3) is 0 Å². The minimum absolute atomic E-state index is 0.401. The van der Waals surface area contributed by atoms with E-state index in [0.29, 0.717) is 11.9 Å². The highest BCUT2D eigenvalue weighted by atomic mass is 16.2. The van der Waals surface area contributed by atoms with Crippen molar-refractivity contribution >= 4 is 5.91 Å². The standard InChI is InChI=1S/C17H32N2O/c1-2-12-18-16-9-6-13-19(14-16)17(20)11-10-15-7-4-3-5-8-15/h15-16,18H,2-14H2,1H3. The van der Waals surface area contributed by atoms with Crippen molar-refractivity contribution in [2.24, 2.45) is 5.92 Å². The van der Waals surface area contributed by atoms with Gasteiger partial charge in [0.15, 0.2) is 0 Å². The molecule has 2 fully saturated rings. The van der Waals surface area contributed by atoms with Crippen molar-refractivity contribution in [3.63, 3.8) is 0 Å². The molecule has 2 aliphatic rings. The average Bonchev–Trinajstić information content (AvgIpc) is 2.52.